The first kappa shape index (κ1) is 15.3. The minimum absolute atomic E-state index is 0.00866. The van der Waals surface area contributed by atoms with Crippen molar-refractivity contribution >= 4 is 19.1 Å². The van der Waals surface area contributed by atoms with E-state index >= 15 is 0 Å². The van der Waals surface area contributed by atoms with E-state index in [0.717, 1.165) is 0 Å². The molecule has 9 heteroatoms. The molecule has 3 aromatic heterocycles. The molecule has 3 heterocycles. The number of aromatic nitrogens is 4. The fourth-order valence-electron chi connectivity index (χ4n) is 2.03. The van der Waals surface area contributed by atoms with Crippen molar-refractivity contribution in [3.63, 3.8) is 0 Å². The Kier molecular flexibility index (Phi) is 3.93. The van der Waals surface area contributed by atoms with E-state index in [1.54, 1.807) is 6.92 Å². The summed E-state index contributed by atoms with van der Waals surface area (Å²) in [5.41, 5.74) is 1.34. The molecule has 0 aromatic carbocycles. The number of hydrogen-bond acceptors (Lipinski definition) is 4. The largest absolute Gasteiger partial charge is 0.486 e. The zero-order chi connectivity index (χ0) is 16.6. The summed E-state index contributed by atoms with van der Waals surface area (Å²) in [6.45, 7) is 0.907. The standard InChI is InChI=1S/C14H10BF3N4O/c1-7-2-9(16)13(21-14(7)15)10-5-19-12-3-8(4-20-22(10)12)23-6-11(17)18/h2-5,11H,6H2,1H3. The van der Waals surface area contributed by atoms with Crippen LogP contribution in [0.1, 0.15) is 5.56 Å². The molecule has 0 saturated heterocycles. The number of nitrogens with zero attached hydrogens (tertiary/aromatic N) is 4. The number of halogens is 3. The van der Waals surface area contributed by atoms with Crippen molar-refractivity contribution in [3.05, 3.63) is 35.9 Å². The smallest absolute Gasteiger partial charge is 0.272 e. The summed E-state index contributed by atoms with van der Waals surface area (Å²) < 4.78 is 44.6. The Morgan fingerprint density at radius 3 is 2.83 bits per heavy atom. The third-order valence-electron chi connectivity index (χ3n) is 3.16. The first-order chi connectivity index (χ1) is 11.0. The lowest BCUT2D eigenvalue weighted by Crippen LogP contribution is -2.15. The maximum absolute atomic E-state index is 14.1. The fraction of sp³-hybridized carbons (Fsp3) is 0.214. The Morgan fingerprint density at radius 2 is 2.09 bits per heavy atom. The van der Waals surface area contributed by atoms with Gasteiger partial charge < -0.3 is 4.74 Å². The number of rotatable bonds is 4. The van der Waals surface area contributed by atoms with Crippen LogP contribution in [0.4, 0.5) is 13.2 Å². The summed E-state index contributed by atoms with van der Waals surface area (Å²) in [5, 5.41) is 4.03. The van der Waals surface area contributed by atoms with Crippen molar-refractivity contribution in [3.8, 4) is 17.1 Å². The number of alkyl halides is 2. The molecule has 0 aliphatic rings. The van der Waals surface area contributed by atoms with Gasteiger partial charge in [0.1, 0.15) is 31.6 Å². The minimum Gasteiger partial charge on any atom is -0.486 e. The van der Waals surface area contributed by atoms with Gasteiger partial charge >= 0.3 is 0 Å². The molecule has 0 unspecified atom stereocenters. The fourth-order valence-corrected chi connectivity index (χ4v) is 2.03. The van der Waals surface area contributed by atoms with Crippen LogP contribution in [-0.4, -0.2) is 40.5 Å². The highest BCUT2D eigenvalue weighted by Gasteiger charge is 2.15. The van der Waals surface area contributed by atoms with Gasteiger partial charge in [0.15, 0.2) is 11.5 Å². The van der Waals surface area contributed by atoms with E-state index in [0.29, 0.717) is 16.9 Å². The van der Waals surface area contributed by atoms with Crippen LogP contribution < -0.4 is 10.3 Å². The average molecular weight is 318 g/mol. The van der Waals surface area contributed by atoms with Crippen LogP contribution in [0.25, 0.3) is 17.0 Å². The second-order valence-corrected chi connectivity index (χ2v) is 4.83. The number of pyridine rings is 1. The molecule has 0 saturated carbocycles. The highest BCUT2D eigenvalue weighted by molar-refractivity contribution is 6.31. The molecule has 0 fully saturated rings. The van der Waals surface area contributed by atoms with Crippen LogP contribution in [-0.2, 0) is 0 Å². The van der Waals surface area contributed by atoms with Crippen LogP contribution in [0.15, 0.2) is 24.5 Å². The van der Waals surface area contributed by atoms with Crippen LogP contribution in [0.3, 0.4) is 0 Å². The van der Waals surface area contributed by atoms with Gasteiger partial charge in [0.05, 0.1) is 12.4 Å². The van der Waals surface area contributed by atoms with E-state index in [-0.39, 0.29) is 17.0 Å². The van der Waals surface area contributed by atoms with Gasteiger partial charge in [0.2, 0.25) is 0 Å². The predicted octanol–water partition coefficient (Wildman–Crippen LogP) is 1.68. The zero-order valence-corrected chi connectivity index (χ0v) is 12.0. The lowest BCUT2D eigenvalue weighted by molar-refractivity contribution is 0.0817. The molecule has 23 heavy (non-hydrogen) atoms. The van der Waals surface area contributed by atoms with Gasteiger partial charge in [-0.3, -0.25) is 4.98 Å². The Labute approximate surface area is 130 Å². The van der Waals surface area contributed by atoms with Crippen molar-refractivity contribution in [2.75, 3.05) is 6.61 Å². The van der Waals surface area contributed by atoms with Crippen LogP contribution in [0, 0.1) is 12.7 Å². The van der Waals surface area contributed by atoms with Gasteiger partial charge in [-0.2, -0.15) is 5.10 Å². The molecule has 0 aliphatic heterocycles. The van der Waals surface area contributed by atoms with Gasteiger partial charge in [-0.25, -0.2) is 22.7 Å². The van der Waals surface area contributed by atoms with Gasteiger partial charge in [0, 0.05) is 6.07 Å². The minimum atomic E-state index is -2.59. The lowest BCUT2D eigenvalue weighted by atomic mass is 9.97. The maximum Gasteiger partial charge on any atom is 0.272 e. The lowest BCUT2D eigenvalue weighted by Gasteiger charge is -2.07. The third kappa shape index (κ3) is 2.99. The quantitative estimate of drug-likeness (QED) is 0.687. The summed E-state index contributed by atoms with van der Waals surface area (Å²) in [4.78, 5) is 8.08. The van der Waals surface area contributed by atoms with Crippen molar-refractivity contribution in [1.82, 2.24) is 19.6 Å². The molecule has 0 spiro atoms. The molecule has 5 nitrogen and oxygen atoms in total. The average Bonchev–Trinajstić information content (AvgIpc) is 2.92. The molecule has 116 valence electrons. The Balaban J connectivity index is 2.02. The second kappa shape index (κ2) is 5.90. The first-order valence-electron chi connectivity index (χ1n) is 6.63. The Bertz CT molecular complexity index is 869. The van der Waals surface area contributed by atoms with E-state index in [4.69, 9.17) is 12.6 Å². The molecule has 2 radical (unpaired) electrons. The zero-order valence-electron chi connectivity index (χ0n) is 12.0. The number of aryl methyl sites for hydroxylation is 1. The summed E-state index contributed by atoms with van der Waals surface area (Å²) in [6, 6.07) is 2.70. The van der Waals surface area contributed by atoms with Crippen LogP contribution in [0.5, 0.6) is 5.75 Å². The molecule has 3 rings (SSSR count). The molecule has 0 bridgehead atoms. The summed E-state index contributed by atoms with van der Waals surface area (Å²) in [6.07, 6.45) is 0.0328. The van der Waals surface area contributed by atoms with E-state index in [1.807, 2.05) is 0 Å². The SMILES string of the molecule is [B]c1nc(-c2cnc3cc(OCC(F)F)cnn23)c(F)cc1C. The van der Waals surface area contributed by atoms with Crippen molar-refractivity contribution < 1.29 is 17.9 Å². The Hall–Kier alpha value is -2.58. The summed E-state index contributed by atoms with van der Waals surface area (Å²) in [7, 11) is 5.71. The highest BCUT2D eigenvalue weighted by atomic mass is 19.3. The molecule has 3 aromatic rings. The van der Waals surface area contributed by atoms with Gasteiger partial charge in [-0.15, -0.1) is 0 Å². The molecule has 0 atom stereocenters. The van der Waals surface area contributed by atoms with E-state index in [9.17, 15) is 13.2 Å². The van der Waals surface area contributed by atoms with Gasteiger partial charge in [0.25, 0.3) is 6.43 Å². The second-order valence-electron chi connectivity index (χ2n) is 4.83. The number of hydrogen-bond donors (Lipinski definition) is 0. The van der Waals surface area contributed by atoms with E-state index < -0.39 is 18.8 Å². The van der Waals surface area contributed by atoms with Gasteiger partial charge in [-0.1, -0.05) is 0 Å². The molecule has 0 N–H and O–H groups in total. The Morgan fingerprint density at radius 1 is 1.30 bits per heavy atom. The van der Waals surface area contributed by atoms with E-state index in [2.05, 4.69) is 15.1 Å². The summed E-state index contributed by atoms with van der Waals surface area (Å²) >= 11 is 0. The third-order valence-corrected chi connectivity index (χ3v) is 3.16. The predicted molar refractivity (Wildman–Crippen MR) is 77.8 cm³/mol. The van der Waals surface area contributed by atoms with E-state index in [1.165, 1.54) is 29.0 Å². The topological polar surface area (TPSA) is 52.3 Å². The molecular weight excluding hydrogens is 308 g/mol. The monoisotopic (exact) mass is 318 g/mol. The van der Waals surface area contributed by atoms with Crippen LogP contribution >= 0.6 is 0 Å². The highest BCUT2D eigenvalue weighted by Crippen LogP contribution is 2.22. The maximum atomic E-state index is 14.1. The molecule has 0 aliphatic carbocycles. The van der Waals surface area contributed by atoms with Crippen molar-refractivity contribution in [1.29, 1.82) is 0 Å². The molecule has 0 amide bonds. The number of imidazole rings is 1. The number of fused-ring (bicyclic) bond motifs is 1. The van der Waals surface area contributed by atoms with Crippen molar-refractivity contribution in [2.45, 2.75) is 13.3 Å². The normalized spacial score (nSPS) is 11.3. The summed E-state index contributed by atoms with van der Waals surface area (Å²) in [5.74, 6) is -0.412. The number of ether oxygens (including phenoxy) is 1. The van der Waals surface area contributed by atoms with Crippen molar-refractivity contribution in [2.24, 2.45) is 0 Å². The molecular formula is C14H10BF3N4O. The van der Waals surface area contributed by atoms with Crippen LogP contribution in [0.2, 0.25) is 0 Å². The first-order valence-corrected chi connectivity index (χ1v) is 6.63. The van der Waals surface area contributed by atoms with Gasteiger partial charge in [-0.05, 0) is 24.1 Å².